The Bertz CT molecular complexity index is 569. The monoisotopic (exact) mass is 249 g/mol. The maximum atomic E-state index is 13.9. The summed E-state index contributed by atoms with van der Waals surface area (Å²) in [6.45, 7) is 5.03. The smallest absolute Gasteiger partial charge is 0.168 e. The van der Waals surface area contributed by atoms with Gasteiger partial charge in [0.15, 0.2) is 11.6 Å². The predicted octanol–water partition coefficient (Wildman–Crippen LogP) is 2.93. The third-order valence-corrected chi connectivity index (χ3v) is 3.09. The molecule has 0 bridgehead atoms. The van der Waals surface area contributed by atoms with Gasteiger partial charge in [0.25, 0.3) is 0 Å². The maximum absolute atomic E-state index is 13.9. The maximum Gasteiger partial charge on any atom is 0.168 e. The second-order valence-electron chi connectivity index (χ2n) is 4.24. The summed E-state index contributed by atoms with van der Waals surface area (Å²) in [5.74, 6) is -1.47. The van der Waals surface area contributed by atoms with E-state index in [1.807, 2.05) is 0 Å². The first-order chi connectivity index (χ1) is 8.43. The van der Waals surface area contributed by atoms with Gasteiger partial charge in [-0.25, -0.2) is 8.78 Å². The summed E-state index contributed by atoms with van der Waals surface area (Å²) in [5.41, 5.74) is 7.72. The Morgan fingerprint density at radius 1 is 0.944 bits per heavy atom. The minimum absolute atomic E-state index is 0.103. The standard InChI is InChI=1S/C13H13F2N3/c1-6-4-5-9(11(15)10(6)14)12-7(2)8(3)13(16)18-17-12/h4-5H,1-3H3,(H2,16,18). The average molecular weight is 249 g/mol. The van der Waals surface area contributed by atoms with E-state index in [1.54, 1.807) is 13.8 Å². The van der Waals surface area contributed by atoms with Crippen molar-refractivity contribution in [1.29, 1.82) is 0 Å². The van der Waals surface area contributed by atoms with Gasteiger partial charge in [-0.1, -0.05) is 6.07 Å². The number of aryl methyl sites for hydroxylation is 1. The van der Waals surface area contributed by atoms with Crippen LogP contribution in [0.4, 0.5) is 14.6 Å². The Balaban J connectivity index is 2.71. The molecule has 0 amide bonds. The number of aromatic nitrogens is 2. The zero-order valence-electron chi connectivity index (χ0n) is 10.4. The molecule has 2 aromatic rings. The lowest BCUT2D eigenvalue weighted by Gasteiger charge is -2.10. The molecule has 3 nitrogen and oxygen atoms in total. The van der Waals surface area contributed by atoms with Gasteiger partial charge in [0.05, 0.1) is 5.69 Å². The Hall–Kier alpha value is -2.04. The zero-order valence-corrected chi connectivity index (χ0v) is 10.4. The van der Waals surface area contributed by atoms with E-state index in [-0.39, 0.29) is 11.1 Å². The highest BCUT2D eigenvalue weighted by atomic mass is 19.2. The van der Waals surface area contributed by atoms with Crippen molar-refractivity contribution >= 4 is 5.82 Å². The molecule has 0 atom stereocenters. The van der Waals surface area contributed by atoms with Gasteiger partial charge >= 0.3 is 0 Å². The van der Waals surface area contributed by atoms with E-state index in [0.29, 0.717) is 17.1 Å². The lowest BCUT2D eigenvalue weighted by Crippen LogP contribution is -2.04. The number of halogens is 2. The highest BCUT2D eigenvalue weighted by molar-refractivity contribution is 5.66. The topological polar surface area (TPSA) is 51.8 Å². The van der Waals surface area contributed by atoms with Gasteiger partial charge in [0.2, 0.25) is 0 Å². The van der Waals surface area contributed by atoms with Gasteiger partial charge in [-0.15, -0.1) is 10.2 Å². The molecule has 1 heterocycles. The minimum Gasteiger partial charge on any atom is -0.382 e. The minimum atomic E-state index is -0.906. The van der Waals surface area contributed by atoms with Crippen LogP contribution in [-0.2, 0) is 0 Å². The quantitative estimate of drug-likeness (QED) is 0.845. The van der Waals surface area contributed by atoms with Crippen molar-refractivity contribution in [3.05, 3.63) is 40.5 Å². The van der Waals surface area contributed by atoms with Crippen LogP contribution in [0.2, 0.25) is 0 Å². The highest BCUT2D eigenvalue weighted by Gasteiger charge is 2.17. The summed E-state index contributed by atoms with van der Waals surface area (Å²) in [7, 11) is 0. The van der Waals surface area contributed by atoms with Crippen LogP contribution in [0.5, 0.6) is 0 Å². The molecule has 2 rings (SSSR count). The van der Waals surface area contributed by atoms with Crippen molar-refractivity contribution in [3.63, 3.8) is 0 Å². The number of nitrogen functional groups attached to an aromatic ring is 1. The van der Waals surface area contributed by atoms with Crippen molar-refractivity contribution in [3.8, 4) is 11.3 Å². The molecule has 0 radical (unpaired) electrons. The summed E-state index contributed by atoms with van der Waals surface area (Å²) in [6, 6.07) is 3.01. The Morgan fingerprint density at radius 3 is 2.28 bits per heavy atom. The van der Waals surface area contributed by atoms with Crippen molar-refractivity contribution < 1.29 is 8.78 Å². The largest absolute Gasteiger partial charge is 0.382 e. The normalized spacial score (nSPS) is 10.7. The van der Waals surface area contributed by atoms with Crippen molar-refractivity contribution in [1.82, 2.24) is 10.2 Å². The van der Waals surface area contributed by atoms with E-state index in [1.165, 1.54) is 19.1 Å². The van der Waals surface area contributed by atoms with Gasteiger partial charge < -0.3 is 5.73 Å². The lowest BCUT2D eigenvalue weighted by atomic mass is 10.0. The summed E-state index contributed by atoms with van der Waals surface area (Å²) in [6.07, 6.45) is 0. The zero-order chi connectivity index (χ0) is 13.4. The average Bonchev–Trinajstić information content (AvgIpc) is 2.35. The molecule has 5 heteroatoms. The van der Waals surface area contributed by atoms with E-state index in [9.17, 15) is 8.78 Å². The fraction of sp³-hybridized carbons (Fsp3) is 0.231. The van der Waals surface area contributed by atoms with Crippen LogP contribution in [-0.4, -0.2) is 10.2 Å². The number of anilines is 1. The van der Waals surface area contributed by atoms with E-state index in [4.69, 9.17) is 5.73 Å². The van der Waals surface area contributed by atoms with Crippen LogP contribution < -0.4 is 5.73 Å². The van der Waals surface area contributed by atoms with Gasteiger partial charge in [0.1, 0.15) is 5.82 Å². The first kappa shape index (κ1) is 12.4. The molecule has 1 aromatic heterocycles. The molecule has 0 unspecified atom stereocenters. The Labute approximate surface area is 104 Å². The first-order valence-electron chi connectivity index (χ1n) is 5.47. The number of hydrogen-bond acceptors (Lipinski definition) is 3. The first-order valence-corrected chi connectivity index (χ1v) is 5.47. The van der Waals surface area contributed by atoms with Crippen LogP contribution in [0.25, 0.3) is 11.3 Å². The van der Waals surface area contributed by atoms with E-state index in [0.717, 1.165) is 5.56 Å². The molecule has 0 spiro atoms. The third-order valence-electron chi connectivity index (χ3n) is 3.09. The summed E-state index contributed by atoms with van der Waals surface area (Å²) < 4.78 is 27.4. The molecule has 0 aliphatic carbocycles. The molecule has 0 aliphatic rings. The van der Waals surface area contributed by atoms with Gasteiger partial charge in [-0.2, -0.15) is 0 Å². The van der Waals surface area contributed by atoms with Gasteiger partial charge in [-0.3, -0.25) is 0 Å². The Kier molecular flexibility index (Phi) is 2.98. The number of hydrogen-bond donors (Lipinski definition) is 1. The van der Waals surface area contributed by atoms with Crippen LogP contribution >= 0.6 is 0 Å². The predicted molar refractivity (Wildman–Crippen MR) is 66.0 cm³/mol. The number of rotatable bonds is 1. The van der Waals surface area contributed by atoms with Crippen LogP contribution in [0.15, 0.2) is 12.1 Å². The summed E-state index contributed by atoms with van der Waals surface area (Å²) in [4.78, 5) is 0. The summed E-state index contributed by atoms with van der Waals surface area (Å²) >= 11 is 0. The molecule has 1 aromatic carbocycles. The third kappa shape index (κ3) is 1.81. The van der Waals surface area contributed by atoms with Crippen molar-refractivity contribution in [2.45, 2.75) is 20.8 Å². The molecule has 18 heavy (non-hydrogen) atoms. The molecular formula is C13H13F2N3. The molecule has 0 saturated carbocycles. The lowest BCUT2D eigenvalue weighted by molar-refractivity contribution is 0.505. The SMILES string of the molecule is Cc1ccc(-c2nnc(N)c(C)c2C)c(F)c1F. The van der Waals surface area contributed by atoms with Crippen LogP contribution in [0.1, 0.15) is 16.7 Å². The molecule has 0 aliphatic heterocycles. The van der Waals surface area contributed by atoms with Crippen LogP contribution in [0.3, 0.4) is 0 Å². The van der Waals surface area contributed by atoms with Gasteiger partial charge in [-0.05, 0) is 43.5 Å². The van der Waals surface area contributed by atoms with E-state index >= 15 is 0 Å². The van der Waals surface area contributed by atoms with Crippen molar-refractivity contribution in [2.24, 2.45) is 0 Å². The number of nitrogens with zero attached hydrogens (tertiary/aromatic N) is 2. The Morgan fingerprint density at radius 2 is 1.61 bits per heavy atom. The molecule has 94 valence electrons. The number of benzene rings is 1. The van der Waals surface area contributed by atoms with E-state index < -0.39 is 11.6 Å². The molecule has 0 saturated heterocycles. The molecule has 2 N–H and O–H groups in total. The van der Waals surface area contributed by atoms with Crippen LogP contribution in [0, 0.1) is 32.4 Å². The second-order valence-corrected chi connectivity index (χ2v) is 4.24. The van der Waals surface area contributed by atoms with Crippen molar-refractivity contribution in [2.75, 3.05) is 5.73 Å². The fourth-order valence-corrected chi connectivity index (χ4v) is 1.71. The van der Waals surface area contributed by atoms with Gasteiger partial charge in [0, 0.05) is 5.56 Å². The second kappa shape index (κ2) is 4.33. The summed E-state index contributed by atoms with van der Waals surface area (Å²) in [5, 5.41) is 7.61. The highest BCUT2D eigenvalue weighted by Crippen LogP contribution is 2.29. The fourth-order valence-electron chi connectivity index (χ4n) is 1.71. The molecule has 0 fully saturated rings. The van der Waals surface area contributed by atoms with E-state index in [2.05, 4.69) is 10.2 Å². The number of nitrogens with two attached hydrogens (primary N) is 1. The molecular weight excluding hydrogens is 236 g/mol.